The molecule has 1 radical (unpaired) electrons. The molecular weight excluding hydrogens is 869 g/mol. The Hall–Kier alpha value is -6.28. The summed E-state index contributed by atoms with van der Waals surface area (Å²) in [5.74, 6) is 0. The van der Waals surface area contributed by atoms with Gasteiger partial charge in [-0.1, -0.05) is 94.5 Å². The smallest absolute Gasteiger partial charge is 0.242 e. The first-order chi connectivity index (χ1) is 26.8. The number of aromatic nitrogens is 8. The van der Waals surface area contributed by atoms with E-state index in [1.165, 1.54) is 55.1 Å². The zero-order valence-electron chi connectivity index (χ0n) is 32.0. The van der Waals surface area contributed by atoms with Gasteiger partial charge in [-0.2, -0.15) is 0 Å². The second kappa shape index (κ2) is 16.2. The van der Waals surface area contributed by atoms with Crippen LogP contribution in [0.5, 0.6) is 0 Å². The molecule has 56 heavy (non-hydrogen) atoms. The van der Waals surface area contributed by atoms with Gasteiger partial charge in [0.1, 0.15) is 0 Å². The van der Waals surface area contributed by atoms with Crippen LogP contribution < -0.4 is 14.2 Å². The first-order valence-corrected chi connectivity index (χ1v) is 18.1. The molecule has 6 aromatic carbocycles. The minimum absolute atomic E-state index is 0. The van der Waals surface area contributed by atoms with Gasteiger partial charge in [0, 0.05) is 49.1 Å². The fourth-order valence-electron chi connectivity index (χ4n) is 6.90. The van der Waals surface area contributed by atoms with Crippen molar-refractivity contribution in [2.24, 2.45) is 14.1 Å². The molecule has 0 aliphatic rings. The van der Waals surface area contributed by atoms with Crippen molar-refractivity contribution in [1.29, 1.82) is 0 Å². The summed E-state index contributed by atoms with van der Waals surface area (Å²) in [7, 11) is 4.06. The zero-order valence-corrected chi connectivity index (χ0v) is 34.4. The first kappa shape index (κ1) is 38.0. The number of hydrogen-bond acceptors (Lipinski definition) is 3. The molecule has 0 aliphatic heterocycles. The van der Waals surface area contributed by atoms with E-state index in [9.17, 15) is 0 Å². The van der Waals surface area contributed by atoms with E-state index in [1.807, 2.05) is 41.4 Å². The number of benzene rings is 6. The maximum absolute atomic E-state index is 4.08. The molecule has 4 heterocycles. The maximum atomic E-state index is 4.08. The molecule has 9 heteroatoms. The molecule has 0 spiro atoms. The van der Waals surface area contributed by atoms with E-state index >= 15 is 0 Å². The summed E-state index contributed by atoms with van der Waals surface area (Å²) < 4.78 is 8.30. The number of aryl methyl sites for hydroxylation is 2. The molecule has 0 aliphatic carbocycles. The standard InChI is InChI=1S/2C20H17N2.C7H5N4.Ir/c2*1-14-15(2)22(13-21(14)3)20-12-16-8-4-5-9-17(16)18-10-6-7-11-19(18)20;1-2-4-8-6(3-1)7-5-9-11-10-7;/h2*4-11H,1-3H3;1-5H;/q3*-1;. The van der Waals surface area contributed by atoms with Crippen LogP contribution in [0.1, 0.15) is 22.8 Å². The summed E-state index contributed by atoms with van der Waals surface area (Å²) >= 11 is 0. The molecule has 0 saturated heterocycles. The molecular formula is C47H39IrN8-3. The minimum Gasteiger partial charge on any atom is -0.358 e. The Morgan fingerprint density at radius 3 is 1.36 bits per heavy atom. The van der Waals surface area contributed by atoms with Gasteiger partial charge in [-0.15, -0.1) is 70.1 Å². The molecule has 10 rings (SSSR count). The predicted molar refractivity (Wildman–Crippen MR) is 217 cm³/mol. The summed E-state index contributed by atoms with van der Waals surface area (Å²) in [6.45, 7) is 8.49. The van der Waals surface area contributed by atoms with Crippen LogP contribution in [0.2, 0.25) is 0 Å². The Morgan fingerprint density at radius 1 is 0.536 bits per heavy atom. The summed E-state index contributed by atoms with van der Waals surface area (Å²) in [6.07, 6.45) is 10.1. The molecule has 0 N–H and O–H groups in total. The third-order valence-corrected chi connectivity index (χ3v) is 10.3. The SMILES string of the molecule is Cc1c(C)[n+](C)[c-]n1-c1[c-]c2ccccc2c2ccccc12.Cc1c(C)[n+](C)[c-]n1-c1[c-]c2ccccc2c2ccccc12.[Ir].c1ccc(-c2cnn[n-]2)nc1. The molecule has 10 aromatic rings. The first-order valence-electron chi connectivity index (χ1n) is 18.1. The molecule has 4 aromatic heterocycles. The summed E-state index contributed by atoms with van der Waals surface area (Å²) in [6, 6.07) is 46.7. The second-order valence-corrected chi connectivity index (χ2v) is 13.5. The van der Waals surface area contributed by atoms with E-state index in [-0.39, 0.29) is 20.1 Å². The van der Waals surface area contributed by atoms with Crippen molar-refractivity contribution in [3.8, 4) is 22.8 Å². The van der Waals surface area contributed by atoms with Crippen molar-refractivity contribution in [1.82, 2.24) is 29.5 Å². The van der Waals surface area contributed by atoms with Gasteiger partial charge in [0.25, 0.3) is 0 Å². The quantitative estimate of drug-likeness (QED) is 0.102. The molecule has 0 saturated carbocycles. The third-order valence-electron chi connectivity index (χ3n) is 10.3. The van der Waals surface area contributed by atoms with Crippen molar-refractivity contribution >= 4 is 43.1 Å². The summed E-state index contributed by atoms with van der Waals surface area (Å²) in [5, 5.41) is 20.5. The van der Waals surface area contributed by atoms with Crippen LogP contribution >= 0.6 is 0 Å². The van der Waals surface area contributed by atoms with Gasteiger partial charge >= 0.3 is 0 Å². The average Bonchev–Trinajstić information content (AvgIpc) is 3.94. The Labute approximate surface area is 340 Å². The normalized spacial score (nSPS) is 10.9. The summed E-state index contributed by atoms with van der Waals surface area (Å²) in [5.41, 5.74) is 8.46. The van der Waals surface area contributed by atoms with E-state index < -0.39 is 0 Å². The maximum Gasteiger partial charge on any atom is 0.242 e. The van der Waals surface area contributed by atoms with Crippen molar-refractivity contribution < 1.29 is 29.2 Å². The van der Waals surface area contributed by atoms with Gasteiger partial charge < -0.3 is 28.5 Å². The minimum atomic E-state index is 0. The third kappa shape index (κ3) is 7.15. The molecule has 0 fully saturated rings. The van der Waals surface area contributed by atoms with E-state index in [0.29, 0.717) is 5.69 Å². The van der Waals surface area contributed by atoms with Crippen molar-refractivity contribution in [2.45, 2.75) is 27.7 Å². The molecule has 279 valence electrons. The van der Waals surface area contributed by atoms with Gasteiger partial charge in [0.05, 0.1) is 19.8 Å². The van der Waals surface area contributed by atoms with Gasteiger partial charge in [-0.3, -0.25) is 10.2 Å². The van der Waals surface area contributed by atoms with Crippen molar-refractivity contribution in [3.63, 3.8) is 0 Å². The molecule has 0 atom stereocenters. The van der Waals surface area contributed by atoms with E-state index in [1.54, 1.807) is 12.4 Å². The number of imidazole rings is 2. The molecule has 0 bridgehead atoms. The zero-order chi connectivity index (χ0) is 38.1. The largest absolute Gasteiger partial charge is 0.358 e. The monoisotopic (exact) mass is 908 g/mol. The van der Waals surface area contributed by atoms with Crippen LogP contribution in [0.25, 0.3) is 65.9 Å². The van der Waals surface area contributed by atoms with Crippen LogP contribution in [0.3, 0.4) is 0 Å². The fraction of sp³-hybridized carbons (Fsp3) is 0.128. The number of fused-ring (bicyclic) bond motifs is 6. The second-order valence-electron chi connectivity index (χ2n) is 13.5. The Bertz CT molecular complexity index is 2780. The Balaban J connectivity index is 0.000000135. The van der Waals surface area contributed by atoms with Crippen LogP contribution in [-0.2, 0) is 34.2 Å². The van der Waals surface area contributed by atoms with Crippen molar-refractivity contribution in [3.05, 3.63) is 175 Å². The predicted octanol–water partition coefficient (Wildman–Crippen LogP) is 8.14. The van der Waals surface area contributed by atoms with Gasteiger partial charge in [-0.05, 0) is 56.9 Å². The number of rotatable bonds is 3. The molecule has 8 nitrogen and oxygen atoms in total. The molecule has 0 amide bonds. The van der Waals surface area contributed by atoms with Gasteiger partial charge in [-0.25, -0.2) is 0 Å². The average molecular weight is 908 g/mol. The van der Waals surface area contributed by atoms with Crippen molar-refractivity contribution in [2.75, 3.05) is 0 Å². The number of hydrogen-bond donors (Lipinski definition) is 0. The van der Waals surface area contributed by atoms with Crippen LogP contribution in [0.15, 0.2) is 128 Å². The molecule has 0 unspecified atom stereocenters. The van der Waals surface area contributed by atoms with Gasteiger partial charge in [0.2, 0.25) is 12.7 Å². The van der Waals surface area contributed by atoms with Crippen LogP contribution in [-0.4, -0.2) is 24.4 Å². The number of pyridine rings is 1. The Kier molecular flexibility index (Phi) is 11.0. The van der Waals surface area contributed by atoms with Gasteiger partial charge in [0.15, 0.2) is 0 Å². The Morgan fingerprint density at radius 2 is 0.964 bits per heavy atom. The van der Waals surface area contributed by atoms with E-state index in [2.05, 4.69) is 179 Å². The summed E-state index contributed by atoms with van der Waals surface area (Å²) in [4.78, 5) is 4.08. The van der Waals surface area contributed by atoms with E-state index in [4.69, 9.17) is 0 Å². The van der Waals surface area contributed by atoms with E-state index in [0.717, 1.165) is 27.8 Å². The van der Waals surface area contributed by atoms with Crippen LogP contribution in [0.4, 0.5) is 0 Å². The number of nitrogens with zero attached hydrogens (tertiary/aromatic N) is 8. The topological polar surface area (TPSA) is 70.4 Å². The fourth-order valence-corrected chi connectivity index (χ4v) is 6.90. The van der Waals surface area contributed by atoms with Crippen LogP contribution in [0, 0.1) is 52.5 Å².